The van der Waals surface area contributed by atoms with Gasteiger partial charge in [-0.15, -0.1) is 0 Å². The van der Waals surface area contributed by atoms with Crippen LogP contribution in [-0.4, -0.2) is 4.98 Å². The van der Waals surface area contributed by atoms with Crippen molar-refractivity contribution in [2.24, 2.45) is 0 Å². The minimum absolute atomic E-state index is 0.183. The molecule has 21 heavy (non-hydrogen) atoms. The Hall–Kier alpha value is -2.48. The van der Waals surface area contributed by atoms with E-state index in [0.717, 1.165) is 6.20 Å². The normalized spacial score (nSPS) is 11.8. The summed E-state index contributed by atoms with van der Waals surface area (Å²) in [5.74, 6) is -0.833. The minimum Gasteiger partial charge on any atom is -0.376 e. The lowest BCUT2D eigenvalue weighted by Crippen LogP contribution is -2.13. The molecule has 1 aromatic heterocycles. The number of anilines is 1. The number of hydrogen-bond acceptors (Lipinski definition) is 3. The van der Waals surface area contributed by atoms with E-state index in [1.165, 1.54) is 12.1 Å². The zero-order chi connectivity index (χ0) is 15.4. The first-order chi connectivity index (χ1) is 10.0. The first-order valence-corrected chi connectivity index (χ1v) is 6.63. The van der Waals surface area contributed by atoms with E-state index in [9.17, 15) is 8.78 Å². The molecule has 1 aromatic carbocycles. The SMILES string of the molecule is CCC(Nc1cc(C#N)cc(F)c1C)c1ccc(F)cn1. The van der Waals surface area contributed by atoms with E-state index in [0.29, 0.717) is 23.4 Å². The molecule has 0 spiro atoms. The highest BCUT2D eigenvalue weighted by Gasteiger charge is 2.14. The van der Waals surface area contributed by atoms with Crippen LogP contribution in [0.15, 0.2) is 30.5 Å². The van der Waals surface area contributed by atoms with Gasteiger partial charge in [0.2, 0.25) is 0 Å². The number of nitrogens with zero attached hydrogens (tertiary/aromatic N) is 2. The molecule has 0 aliphatic carbocycles. The van der Waals surface area contributed by atoms with Gasteiger partial charge in [0.25, 0.3) is 0 Å². The van der Waals surface area contributed by atoms with Crippen molar-refractivity contribution in [1.29, 1.82) is 5.26 Å². The lowest BCUT2D eigenvalue weighted by Gasteiger charge is -2.19. The molecule has 0 bridgehead atoms. The van der Waals surface area contributed by atoms with E-state index >= 15 is 0 Å². The summed E-state index contributed by atoms with van der Waals surface area (Å²) in [7, 11) is 0. The number of halogens is 2. The van der Waals surface area contributed by atoms with Crippen molar-refractivity contribution in [2.45, 2.75) is 26.3 Å². The Labute approximate surface area is 122 Å². The zero-order valence-electron chi connectivity index (χ0n) is 11.8. The maximum atomic E-state index is 13.8. The Morgan fingerprint density at radius 2 is 2.10 bits per heavy atom. The molecular formula is C16H15F2N3. The molecule has 1 heterocycles. The standard InChI is InChI=1S/C16H15F2N3/c1-3-14(15-5-4-12(17)9-20-15)21-16-7-11(8-19)6-13(18)10(16)2/h4-7,9,14,21H,3H2,1-2H3. The largest absolute Gasteiger partial charge is 0.376 e. The lowest BCUT2D eigenvalue weighted by molar-refractivity contribution is 0.612. The molecule has 0 fully saturated rings. The Morgan fingerprint density at radius 3 is 2.67 bits per heavy atom. The number of benzene rings is 1. The fourth-order valence-electron chi connectivity index (χ4n) is 2.06. The topological polar surface area (TPSA) is 48.7 Å². The summed E-state index contributed by atoms with van der Waals surface area (Å²) in [6.07, 6.45) is 1.84. The average Bonchev–Trinajstić information content (AvgIpc) is 2.49. The van der Waals surface area contributed by atoms with Gasteiger partial charge in [-0.3, -0.25) is 4.98 Å². The summed E-state index contributed by atoms with van der Waals surface area (Å²) in [5.41, 5.74) is 1.91. The molecule has 0 saturated carbocycles. The quantitative estimate of drug-likeness (QED) is 0.920. The van der Waals surface area contributed by atoms with Gasteiger partial charge in [0, 0.05) is 11.3 Å². The highest BCUT2D eigenvalue weighted by atomic mass is 19.1. The molecule has 0 radical (unpaired) electrons. The Bertz CT molecular complexity index is 675. The second-order valence-electron chi connectivity index (χ2n) is 4.75. The van der Waals surface area contributed by atoms with Crippen LogP contribution in [-0.2, 0) is 0 Å². The molecule has 0 aliphatic rings. The summed E-state index contributed by atoms with van der Waals surface area (Å²) in [5, 5.41) is 12.1. The number of nitriles is 1. The van der Waals surface area contributed by atoms with E-state index in [1.807, 2.05) is 13.0 Å². The van der Waals surface area contributed by atoms with E-state index in [1.54, 1.807) is 19.1 Å². The highest BCUT2D eigenvalue weighted by molar-refractivity contribution is 5.56. The van der Waals surface area contributed by atoms with Gasteiger partial charge in [0.1, 0.15) is 11.6 Å². The van der Waals surface area contributed by atoms with Crippen LogP contribution in [0.3, 0.4) is 0 Å². The van der Waals surface area contributed by atoms with Gasteiger partial charge in [-0.05, 0) is 37.6 Å². The molecule has 5 heteroatoms. The van der Waals surface area contributed by atoms with E-state index in [-0.39, 0.29) is 11.6 Å². The Balaban J connectivity index is 2.33. The average molecular weight is 287 g/mol. The predicted octanol–water partition coefficient (Wildman–Crippen LogP) is 4.10. The van der Waals surface area contributed by atoms with Crippen molar-refractivity contribution in [3.05, 3.63) is 58.9 Å². The summed E-state index contributed by atoms with van der Waals surface area (Å²) in [4.78, 5) is 4.04. The van der Waals surface area contributed by atoms with E-state index in [4.69, 9.17) is 5.26 Å². The first kappa shape index (κ1) is 14.9. The van der Waals surface area contributed by atoms with Crippen LogP contribution >= 0.6 is 0 Å². The van der Waals surface area contributed by atoms with Gasteiger partial charge in [-0.2, -0.15) is 5.26 Å². The molecule has 2 rings (SSSR count). The van der Waals surface area contributed by atoms with Gasteiger partial charge >= 0.3 is 0 Å². The number of rotatable bonds is 4. The molecule has 0 aliphatic heterocycles. The van der Waals surface area contributed by atoms with Crippen molar-refractivity contribution in [2.75, 3.05) is 5.32 Å². The Morgan fingerprint density at radius 1 is 1.33 bits per heavy atom. The lowest BCUT2D eigenvalue weighted by atomic mass is 10.1. The number of pyridine rings is 1. The van der Waals surface area contributed by atoms with Crippen molar-refractivity contribution in [3.8, 4) is 6.07 Å². The van der Waals surface area contributed by atoms with Crippen LogP contribution in [0.25, 0.3) is 0 Å². The van der Waals surface area contributed by atoms with Crippen LogP contribution in [0.2, 0.25) is 0 Å². The predicted molar refractivity (Wildman–Crippen MR) is 76.7 cm³/mol. The number of nitrogens with one attached hydrogen (secondary N) is 1. The molecule has 1 unspecified atom stereocenters. The third-order valence-corrected chi connectivity index (χ3v) is 3.32. The third kappa shape index (κ3) is 3.34. The summed E-state index contributed by atoms with van der Waals surface area (Å²) in [6, 6.07) is 7.49. The zero-order valence-corrected chi connectivity index (χ0v) is 11.8. The molecule has 0 saturated heterocycles. The first-order valence-electron chi connectivity index (χ1n) is 6.63. The molecule has 108 valence electrons. The molecule has 0 amide bonds. The summed E-state index contributed by atoms with van der Waals surface area (Å²) >= 11 is 0. The van der Waals surface area contributed by atoms with Gasteiger partial charge in [-0.25, -0.2) is 8.78 Å². The molecular weight excluding hydrogens is 272 g/mol. The van der Waals surface area contributed by atoms with Crippen LogP contribution < -0.4 is 5.32 Å². The second-order valence-corrected chi connectivity index (χ2v) is 4.75. The fourth-order valence-corrected chi connectivity index (χ4v) is 2.06. The van der Waals surface area contributed by atoms with E-state index < -0.39 is 11.6 Å². The molecule has 2 aromatic rings. The van der Waals surface area contributed by atoms with Crippen LogP contribution in [0.1, 0.15) is 36.2 Å². The van der Waals surface area contributed by atoms with Crippen molar-refractivity contribution in [3.63, 3.8) is 0 Å². The maximum absolute atomic E-state index is 13.8. The second kappa shape index (κ2) is 6.31. The van der Waals surface area contributed by atoms with Crippen molar-refractivity contribution in [1.82, 2.24) is 4.98 Å². The van der Waals surface area contributed by atoms with E-state index in [2.05, 4.69) is 10.3 Å². The third-order valence-electron chi connectivity index (χ3n) is 3.32. The minimum atomic E-state index is -0.432. The monoisotopic (exact) mass is 287 g/mol. The number of hydrogen-bond donors (Lipinski definition) is 1. The Kier molecular flexibility index (Phi) is 4.49. The van der Waals surface area contributed by atoms with Gasteiger partial charge in [0.05, 0.1) is 29.6 Å². The smallest absolute Gasteiger partial charge is 0.141 e. The number of aromatic nitrogens is 1. The van der Waals surface area contributed by atoms with Crippen molar-refractivity contribution < 1.29 is 8.78 Å². The molecule has 3 nitrogen and oxygen atoms in total. The summed E-state index contributed by atoms with van der Waals surface area (Å²) < 4.78 is 26.7. The van der Waals surface area contributed by atoms with Crippen LogP contribution in [0.5, 0.6) is 0 Å². The fraction of sp³-hybridized carbons (Fsp3) is 0.250. The van der Waals surface area contributed by atoms with Gasteiger partial charge in [0.15, 0.2) is 0 Å². The maximum Gasteiger partial charge on any atom is 0.141 e. The highest BCUT2D eigenvalue weighted by Crippen LogP contribution is 2.26. The van der Waals surface area contributed by atoms with Gasteiger partial charge in [-0.1, -0.05) is 6.92 Å². The summed E-state index contributed by atoms with van der Waals surface area (Å²) in [6.45, 7) is 3.59. The van der Waals surface area contributed by atoms with Crippen molar-refractivity contribution >= 4 is 5.69 Å². The van der Waals surface area contributed by atoms with Gasteiger partial charge < -0.3 is 5.32 Å². The van der Waals surface area contributed by atoms with Crippen LogP contribution in [0.4, 0.5) is 14.5 Å². The molecule has 1 N–H and O–H groups in total. The van der Waals surface area contributed by atoms with Crippen LogP contribution in [0, 0.1) is 29.9 Å². The molecule has 1 atom stereocenters.